The van der Waals surface area contributed by atoms with Crippen LogP contribution in [-0.4, -0.2) is 6.61 Å². The summed E-state index contributed by atoms with van der Waals surface area (Å²) in [6.45, 7) is 0.760. The molecule has 78 valence electrons. The summed E-state index contributed by atoms with van der Waals surface area (Å²) in [5.41, 5.74) is 1.42. The van der Waals surface area contributed by atoms with Crippen LogP contribution in [0.2, 0.25) is 0 Å². The van der Waals surface area contributed by atoms with Gasteiger partial charge in [-0.15, -0.1) is 0 Å². The van der Waals surface area contributed by atoms with Gasteiger partial charge in [0, 0.05) is 0 Å². The monoisotopic (exact) mass is 211 g/mol. The van der Waals surface area contributed by atoms with Crippen LogP contribution in [-0.2, 0) is 10.6 Å². The lowest BCUT2D eigenvalue weighted by molar-refractivity contribution is 0.357. The minimum absolute atomic E-state index is 0.760. The van der Waals surface area contributed by atoms with Crippen molar-refractivity contribution in [1.82, 2.24) is 0 Å². The molecule has 0 saturated heterocycles. The molecule has 0 spiro atoms. The fourth-order valence-corrected chi connectivity index (χ4v) is 1.57. The van der Waals surface area contributed by atoms with Gasteiger partial charge in [-0.25, -0.2) is 0 Å². The van der Waals surface area contributed by atoms with Crippen LogP contribution in [0, 0.1) is 0 Å². The van der Waals surface area contributed by atoms with E-state index in [2.05, 4.69) is 30.3 Å². The van der Waals surface area contributed by atoms with Gasteiger partial charge < -0.3 is 4.18 Å². The second-order valence-corrected chi connectivity index (χ2v) is 3.64. The average molecular weight is 211 g/mol. The van der Waals surface area contributed by atoms with E-state index < -0.39 is 0 Å². The Kier molecular flexibility index (Phi) is 6.49. The summed E-state index contributed by atoms with van der Waals surface area (Å²) in [5, 5.41) is 5.13. The van der Waals surface area contributed by atoms with Gasteiger partial charge in [0.25, 0.3) is 0 Å². The Morgan fingerprint density at radius 1 is 1.07 bits per heavy atom. The van der Waals surface area contributed by atoms with Crippen LogP contribution in [0.5, 0.6) is 0 Å². The summed E-state index contributed by atoms with van der Waals surface area (Å²) in [4.78, 5) is 0. The van der Waals surface area contributed by atoms with Gasteiger partial charge in [0.1, 0.15) is 0 Å². The fraction of sp³-hybridized carbons (Fsp3) is 0.455. The zero-order valence-corrected chi connectivity index (χ0v) is 9.13. The van der Waals surface area contributed by atoms with Crippen molar-refractivity contribution in [1.29, 1.82) is 0 Å². The van der Waals surface area contributed by atoms with Crippen molar-refractivity contribution in [3.8, 4) is 0 Å². The van der Waals surface area contributed by atoms with E-state index in [1.807, 2.05) is 0 Å². The molecule has 0 aliphatic rings. The predicted molar refractivity (Wildman–Crippen MR) is 61.7 cm³/mol. The van der Waals surface area contributed by atoms with E-state index in [4.69, 9.17) is 9.32 Å². The van der Waals surface area contributed by atoms with Crippen LogP contribution in [0.1, 0.15) is 24.8 Å². The Bertz CT molecular complexity index is 228. The average Bonchev–Trinajstić information content (AvgIpc) is 2.25. The van der Waals surface area contributed by atoms with Crippen molar-refractivity contribution in [3.05, 3.63) is 35.9 Å². The maximum Gasteiger partial charge on any atom is 0.0758 e. The topological polar surface area (TPSA) is 35.2 Å². The Hall–Kier alpha value is -0.510. The lowest BCUT2D eigenvalue weighted by Crippen LogP contribution is -1.91. The molecule has 14 heavy (non-hydrogen) atoms. The minimum atomic E-state index is 0.760. The third-order valence-corrected chi connectivity index (χ3v) is 2.41. The molecular weight excluding hydrogens is 194 g/mol. The van der Waals surface area contributed by atoms with E-state index in [1.165, 1.54) is 18.4 Å². The van der Waals surface area contributed by atoms with E-state index in [-0.39, 0.29) is 0 Å². The van der Waals surface area contributed by atoms with Gasteiger partial charge >= 0.3 is 0 Å². The Labute approximate surface area is 90.2 Å². The molecular formula is C11H17NOS. The number of unbranched alkanes of at least 4 members (excludes halogenated alkanes) is 2. The maximum atomic E-state index is 5.13. The first kappa shape index (κ1) is 11.6. The van der Waals surface area contributed by atoms with Crippen LogP contribution in [0.25, 0.3) is 0 Å². The molecule has 0 aliphatic heterocycles. The highest BCUT2D eigenvalue weighted by Crippen LogP contribution is 2.06. The molecule has 0 saturated carbocycles. The number of hydrogen-bond donors (Lipinski definition) is 1. The highest BCUT2D eigenvalue weighted by Gasteiger charge is 1.92. The van der Waals surface area contributed by atoms with Gasteiger partial charge in [0.05, 0.1) is 18.8 Å². The van der Waals surface area contributed by atoms with Gasteiger partial charge in [0.2, 0.25) is 0 Å². The smallest absolute Gasteiger partial charge is 0.0758 e. The predicted octanol–water partition coefficient (Wildman–Crippen LogP) is 2.94. The van der Waals surface area contributed by atoms with Crippen LogP contribution < -0.4 is 5.14 Å². The summed E-state index contributed by atoms with van der Waals surface area (Å²) in [6.07, 6.45) is 4.69. The summed E-state index contributed by atoms with van der Waals surface area (Å²) in [5.74, 6) is 0. The molecule has 0 bridgehead atoms. The highest BCUT2D eigenvalue weighted by atomic mass is 32.2. The summed E-state index contributed by atoms with van der Waals surface area (Å²) >= 11 is 0.956. The molecule has 2 N–H and O–H groups in total. The van der Waals surface area contributed by atoms with E-state index in [0.717, 1.165) is 31.7 Å². The van der Waals surface area contributed by atoms with Crippen LogP contribution >= 0.6 is 12.2 Å². The number of nitrogens with two attached hydrogens (primary N) is 1. The summed E-state index contributed by atoms with van der Waals surface area (Å²) < 4.78 is 4.98. The van der Waals surface area contributed by atoms with E-state index >= 15 is 0 Å². The molecule has 0 aromatic heterocycles. The van der Waals surface area contributed by atoms with Gasteiger partial charge in [-0.1, -0.05) is 36.8 Å². The summed E-state index contributed by atoms with van der Waals surface area (Å²) in [6, 6.07) is 10.6. The van der Waals surface area contributed by atoms with Crippen molar-refractivity contribution in [2.45, 2.75) is 25.7 Å². The van der Waals surface area contributed by atoms with Crippen LogP contribution in [0.4, 0.5) is 0 Å². The minimum Gasteiger partial charge on any atom is -0.301 e. The Balaban J connectivity index is 1.99. The highest BCUT2D eigenvalue weighted by molar-refractivity contribution is 7.92. The lowest BCUT2D eigenvalue weighted by atomic mass is 10.1. The quantitative estimate of drug-likeness (QED) is 0.428. The molecule has 0 fully saturated rings. The number of aryl methyl sites for hydroxylation is 1. The van der Waals surface area contributed by atoms with Gasteiger partial charge in [-0.05, 0) is 24.8 Å². The molecule has 0 unspecified atom stereocenters. The number of benzene rings is 1. The molecule has 1 aromatic rings. The normalized spacial score (nSPS) is 10.4. The van der Waals surface area contributed by atoms with E-state index in [9.17, 15) is 0 Å². The molecule has 0 aliphatic carbocycles. The number of rotatable bonds is 7. The van der Waals surface area contributed by atoms with Gasteiger partial charge in [-0.2, -0.15) is 0 Å². The molecule has 0 heterocycles. The first-order chi connectivity index (χ1) is 6.93. The first-order valence-corrected chi connectivity index (χ1v) is 5.76. The summed E-state index contributed by atoms with van der Waals surface area (Å²) in [7, 11) is 0. The SMILES string of the molecule is NSOCCCCCc1ccccc1. The van der Waals surface area contributed by atoms with Crippen molar-refractivity contribution >= 4 is 12.2 Å². The first-order valence-electron chi connectivity index (χ1n) is 4.96. The van der Waals surface area contributed by atoms with Crippen molar-refractivity contribution < 1.29 is 4.18 Å². The largest absolute Gasteiger partial charge is 0.301 e. The Morgan fingerprint density at radius 3 is 2.57 bits per heavy atom. The zero-order chi connectivity index (χ0) is 10.1. The lowest BCUT2D eigenvalue weighted by Gasteiger charge is -2.01. The standard InChI is InChI=1S/C11H17NOS/c12-14-13-10-6-2-5-9-11-7-3-1-4-8-11/h1,3-4,7-8H,2,5-6,9-10,12H2. The molecule has 1 rings (SSSR count). The Morgan fingerprint density at radius 2 is 1.86 bits per heavy atom. The second-order valence-electron chi connectivity index (χ2n) is 3.21. The number of hydrogen-bond acceptors (Lipinski definition) is 3. The third kappa shape index (κ3) is 5.27. The van der Waals surface area contributed by atoms with Crippen molar-refractivity contribution in [3.63, 3.8) is 0 Å². The van der Waals surface area contributed by atoms with Gasteiger partial charge in [0.15, 0.2) is 0 Å². The van der Waals surface area contributed by atoms with Crippen molar-refractivity contribution in [2.75, 3.05) is 6.61 Å². The molecule has 2 nitrogen and oxygen atoms in total. The van der Waals surface area contributed by atoms with E-state index in [0.29, 0.717) is 0 Å². The molecule has 3 heteroatoms. The van der Waals surface area contributed by atoms with Crippen molar-refractivity contribution in [2.24, 2.45) is 5.14 Å². The maximum absolute atomic E-state index is 5.13. The zero-order valence-electron chi connectivity index (χ0n) is 8.32. The fourth-order valence-electron chi connectivity index (χ4n) is 1.36. The second kappa shape index (κ2) is 7.85. The van der Waals surface area contributed by atoms with Crippen LogP contribution in [0.3, 0.4) is 0 Å². The third-order valence-electron chi connectivity index (χ3n) is 2.10. The van der Waals surface area contributed by atoms with Crippen LogP contribution in [0.15, 0.2) is 30.3 Å². The molecule has 0 atom stereocenters. The van der Waals surface area contributed by atoms with E-state index in [1.54, 1.807) is 0 Å². The molecule has 0 amide bonds. The molecule has 1 aromatic carbocycles. The molecule has 0 radical (unpaired) electrons. The van der Waals surface area contributed by atoms with Gasteiger partial charge in [-0.3, -0.25) is 5.14 Å².